The fourth-order valence-electron chi connectivity index (χ4n) is 0. The van der Waals surface area contributed by atoms with Gasteiger partial charge >= 0.3 is 94.2 Å². The average molecular weight is 350 g/mol. The number of hydrogen-bond donors (Lipinski definition) is 0. The molecule has 0 saturated heterocycles. The summed E-state index contributed by atoms with van der Waals surface area (Å²) in [4.78, 5) is 0. The van der Waals surface area contributed by atoms with Crippen LogP contribution in [-0.2, 0) is 25.3 Å². The second-order valence-corrected chi connectivity index (χ2v) is 0.557. The zero-order chi connectivity index (χ0) is 2.71. The summed E-state index contributed by atoms with van der Waals surface area (Å²) >= 11 is -2.25. The van der Waals surface area contributed by atoms with E-state index >= 15 is 0 Å². The predicted octanol–water partition coefficient (Wildman–Crippen LogP) is -3.12. The molecule has 0 spiro atoms. The summed E-state index contributed by atoms with van der Waals surface area (Å²) in [7, 11) is 0. The van der Waals surface area contributed by atoms with Crippen LogP contribution in [-0.4, -0.2) is 0 Å². The molecule has 0 aromatic heterocycles. The van der Waals surface area contributed by atoms with E-state index in [-0.39, 0.29) is 70.3 Å². The second kappa shape index (κ2) is 9.02. The van der Waals surface area contributed by atoms with E-state index in [9.17, 15) is 0 Å². The molecular weight excluding hydrogens is 349 g/mol. The Labute approximate surface area is 92.8 Å². The van der Waals surface area contributed by atoms with Gasteiger partial charge < -0.3 is 1.43 Å². The molecule has 0 N–H and O–H groups in total. The van der Waals surface area contributed by atoms with Crippen molar-refractivity contribution in [1.29, 1.82) is 0 Å². The zero-order valence-corrected chi connectivity index (χ0v) is 11.4. The molecule has 0 aromatic carbocycles. The van der Waals surface area contributed by atoms with Crippen LogP contribution >= 0.6 is 0 Å². The van der Waals surface area contributed by atoms with Gasteiger partial charge in [-0.1, -0.05) is 0 Å². The summed E-state index contributed by atoms with van der Waals surface area (Å²) in [6.07, 6.45) is 0. The van der Waals surface area contributed by atoms with Crippen molar-refractivity contribution in [3.8, 4) is 0 Å². The molecule has 0 amide bonds. The first-order chi connectivity index (χ1) is 1.41. The Morgan fingerprint density at radius 1 is 1.50 bits per heavy atom. The number of hydrogen-bond acceptors (Lipinski definition) is 2. The van der Waals surface area contributed by atoms with Crippen LogP contribution in [0.4, 0.5) is 0 Å². The monoisotopic (exact) mass is 350 g/mol. The van der Waals surface area contributed by atoms with Crippen molar-refractivity contribution in [3.05, 3.63) is 0 Å². The molecule has 0 bridgehead atoms. The first-order valence-electron chi connectivity index (χ1n) is 0.333. The molecule has 0 heterocycles. The van der Waals surface area contributed by atoms with Crippen molar-refractivity contribution in [2.24, 2.45) is 0 Å². The predicted molar refractivity (Wildman–Crippen MR) is 2.49 cm³/mol. The summed E-state index contributed by atoms with van der Waals surface area (Å²) in [5, 5.41) is 0. The van der Waals surface area contributed by atoms with Gasteiger partial charge in [0.25, 0.3) is 0 Å². The Bertz CT molecular complexity index is 30.6. The summed E-state index contributed by atoms with van der Waals surface area (Å²) < 4.78 is 17.1. The van der Waals surface area contributed by atoms with Crippen LogP contribution < -0.4 is 68.9 Å². The number of rotatable bonds is 0. The van der Waals surface area contributed by atoms with Crippen LogP contribution in [0, 0.1) is 0 Å². The van der Waals surface area contributed by atoms with Crippen molar-refractivity contribution in [3.63, 3.8) is 0 Å². The van der Waals surface area contributed by atoms with Gasteiger partial charge in [0.15, 0.2) is 0 Å². The van der Waals surface area contributed by atoms with Crippen LogP contribution in [0.15, 0.2) is 0 Å². The van der Waals surface area contributed by atoms with E-state index in [1.54, 1.807) is 0 Å². The molecule has 0 aliphatic heterocycles. The molecule has 4 heteroatoms. The van der Waals surface area contributed by atoms with E-state index in [4.69, 9.17) is 6.80 Å². The van der Waals surface area contributed by atoms with Gasteiger partial charge in [0, 0.05) is 0 Å². The Hall–Kier alpha value is 2.34. The van der Waals surface area contributed by atoms with Gasteiger partial charge in [0.2, 0.25) is 0 Å². The van der Waals surface area contributed by atoms with Crippen LogP contribution in [0.2, 0.25) is 0 Å². The molecule has 0 aliphatic carbocycles. The van der Waals surface area contributed by atoms with Crippen molar-refractivity contribution in [2.75, 3.05) is 0 Å². The average Bonchev–Trinajstić information content (AvgIpc) is 0.918. The van der Waals surface area contributed by atoms with Crippen molar-refractivity contribution in [2.45, 2.75) is 0 Å². The van der Waals surface area contributed by atoms with Crippen molar-refractivity contribution >= 4 is 0 Å². The molecular formula is HCsO2W. The van der Waals surface area contributed by atoms with Crippen LogP contribution in [0.25, 0.3) is 0 Å². The summed E-state index contributed by atoms with van der Waals surface area (Å²) in [6, 6.07) is 0. The molecule has 4 heavy (non-hydrogen) atoms. The van der Waals surface area contributed by atoms with Gasteiger partial charge in [0.1, 0.15) is 0 Å². The van der Waals surface area contributed by atoms with Crippen LogP contribution in [0.5, 0.6) is 0 Å². The van der Waals surface area contributed by atoms with Crippen LogP contribution in [0.3, 0.4) is 0 Å². The normalized spacial score (nSPS) is 3.00. The summed E-state index contributed by atoms with van der Waals surface area (Å²) in [5.74, 6) is 0. The molecule has 0 aromatic rings. The minimum absolute atomic E-state index is 0. The Kier molecular flexibility index (Phi) is 21.6. The Morgan fingerprint density at radius 2 is 1.50 bits per heavy atom. The fourth-order valence-corrected chi connectivity index (χ4v) is 0. The quantitative estimate of drug-likeness (QED) is 0.464. The molecule has 0 aliphatic rings. The van der Waals surface area contributed by atoms with Crippen molar-refractivity contribution in [1.82, 2.24) is 0 Å². The third-order valence-electron chi connectivity index (χ3n) is 0. The van der Waals surface area contributed by atoms with Gasteiger partial charge in [-0.2, -0.15) is 0 Å². The zero-order valence-electron chi connectivity index (χ0n) is 3.22. The molecule has 0 rings (SSSR count). The van der Waals surface area contributed by atoms with Crippen molar-refractivity contribution < 1.29 is 95.6 Å². The molecule has 0 saturated carbocycles. The van der Waals surface area contributed by atoms with E-state index in [0.717, 1.165) is 0 Å². The third kappa shape index (κ3) is 8.84. The first-order valence-corrected chi connectivity index (χ1v) is 2.73. The topological polar surface area (TPSA) is 34.1 Å². The van der Waals surface area contributed by atoms with Gasteiger partial charge in [-0.15, -0.1) is 0 Å². The van der Waals surface area contributed by atoms with Gasteiger partial charge in [-0.25, -0.2) is 0 Å². The molecule has 20 valence electrons. The minimum atomic E-state index is -2.25. The van der Waals surface area contributed by atoms with Crippen LogP contribution in [0.1, 0.15) is 1.43 Å². The molecule has 0 unspecified atom stereocenters. The standard InChI is InChI=1S/Cs.2O.W.H/q+1;;;;-1. The Balaban J connectivity index is -0.0000000200. The van der Waals surface area contributed by atoms with E-state index in [1.165, 1.54) is 0 Å². The van der Waals surface area contributed by atoms with Gasteiger partial charge in [0.05, 0.1) is 0 Å². The Morgan fingerprint density at radius 3 is 1.50 bits per heavy atom. The van der Waals surface area contributed by atoms with Gasteiger partial charge in [-0.05, 0) is 0 Å². The maximum absolute atomic E-state index is 8.54. The van der Waals surface area contributed by atoms with E-state index in [2.05, 4.69) is 0 Å². The van der Waals surface area contributed by atoms with E-state index < -0.39 is 18.5 Å². The maximum atomic E-state index is 8.54. The molecule has 2 nitrogen and oxygen atoms in total. The summed E-state index contributed by atoms with van der Waals surface area (Å²) in [5.41, 5.74) is 0. The third-order valence-corrected chi connectivity index (χ3v) is 0. The summed E-state index contributed by atoms with van der Waals surface area (Å²) in [6.45, 7) is 0. The molecule has 0 fully saturated rings. The molecule has 0 radical (unpaired) electrons. The molecule has 0 atom stereocenters. The van der Waals surface area contributed by atoms with E-state index in [0.29, 0.717) is 0 Å². The second-order valence-electron chi connectivity index (χ2n) is 0.0680. The van der Waals surface area contributed by atoms with Gasteiger partial charge in [-0.3, -0.25) is 0 Å². The van der Waals surface area contributed by atoms with E-state index in [1.807, 2.05) is 0 Å². The fraction of sp³-hybridized carbons (Fsp3) is 0. The SMILES string of the molecule is [Cs+].[H-].[O]=[W]=[O]. The first kappa shape index (κ1) is 9.60.